The second kappa shape index (κ2) is 6.68. The number of aryl methyl sites for hydroxylation is 1. The van der Waals surface area contributed by atoms with Crippen molar-refractivity contribution in [2.45, 2.75) is 31.9 Å². The van der Waals surface area contributed by atoms with E-state index in [-0.39, 0.29) is 24.4 Å². The zero-order valence-electron chi connectivity index (χ0n) is 12.8. The van der Waals surface area contributed by atoms with E-state index in [9.17, 15) is 14.3 Å². The number of rotatable bonds is 5. The smallest absolute Gasteiger partial charge is 0.322 e. The molecule has 0 radical (unpaired) electrons. The summed E-state index contributed by atoms with van der Waals surface area (Å²) in [7, 11) is 0. The molecular weight excluding hydrogens is 315 g/mol. The summed E-state index contributed by atoms with van der Waals surface area (Å²) >= 11 is 1.52. The van der Waals surface area contributed by atoms with Crippen LogP contribution in [0.15, 0.2) is 36.4 Å². The fraction of sp³-hybridized carbons (Fsp3) is 0.353. The van der Waals surface area contributed by atoms with Gasteiger partial charge in [-0.2, -0.15) is 0 Å². The van der Waals surface area contributed by atoms with E-state index in [0.717, 1.165) is 22.7 Å². The summed E-state index contributed by atoms with van der Waals surface area (Å²) in [5, 5.41) is 14.0. The Morgan fingerprint density at radius 3 is 2.61 bits per heavy atom. The van der Waals surface area contributed by atoms with E-state index in [1.165, 1.54) is 23.5 Å². The van der Waals surface area contributed by atoms with Gasteiger partial charge in [0, 0.05) is 10.9 Å². The van der Waals surface area contributed by atoms with Gasteiger partial charge in [-0.15, -0.1) is 11.3 Å². The largest absolute Gasteiger partial charge is 0.387 e. The van der Waals surface area contributed by atoms with Crippen molar-refractivity contribution in [2.75, 3.05) is 11.9 Å². The van der Waals surface area contributed by atoms with Crippen molar-refractivity contribution in [3.63, 3.8) is 0 Å². The highest BCUT2D eigenvalue weighted by molar-refractivity contribution is 7.16. The number of hydrogen-bond acceptors (Lipinski definition) is 3. The van der Waals surface area contributed by atoms with Crippen LogP contribution in [0.4, 0.5) is 14.2 Å². The van der Waals surface area contributed by atoms with Crippen molar-refractivity contribution in [1.29, 1.82) is 0 Å². The maximum Gasteiger partial charge on any atom is 0.322 e. The Balaban J connectivity index is 1.66. The molecule has 1 heterocycles. The molecule has 122 valence electrons. The average molecular weight is 334 g/mol. The third-order valence-corrected chi connectivity index (χ3v) is 4.76. The van der Waals surface area contributed by atoms with Crippen LogP contribution >= 0.6 is 11.3 Å². The molecule has 1 fully saturated rings. The quantitative estimate of drug-likeness (QED) is 0.870. The summed E-state index contributed by atoms with van der Waals surface area (Å²) in [6.07, 6.45) is 1.08. The predicted octanol–water partition coefficient (Wildman–Crippen LogP) is 3.93. The fourth-order valence-corrected chi connectivity index (χ4v) is 3.20. The Morgan fingerprint density at radius 2 is 2.04 bits per heavy atom. The molecule has 2 amide bonds. The molecule has 1 aromatic carbocycles. The first-order chi connectivity index (χ1) is 11.0. The maximum absolute atomic E-state index is 13.0. The summed E-state index contributed by atoms with van der Waals surface area (Å²) in [6.45, 7) is 2.18. The number of thiophene rings is 1. The lowest BCUT2D eigenvalue weighted by Crippen LogP contribution is -2.39. The molecule has 1 aliphatic carbocycles. The lowest BCUT2D eigenvalue weighted by atomic mass is 10.1. The van der Waals surface area contributed by atoms with Crippen LogP contribution in [-0.2, 0) is 0 Å². The third-order valence-electron chi connectivity index (χ3n) is 3.84. The van der Waals surface area contributed by atoms with Crippen LogP contribution in [0.3, 0.4) is 0 Å². The number of anilines is 1. The molecule has 1 aliphatic rings. The maximum atomic E-state index is 13.0. The standard InChI is InChI=1S/C17H19FN2O2S/c1-11-2-9-16(23-11)19-17(22)20(14-7-8-14)10-15(21)12-3-5-13(18)6-4-12/h2-6,9,14-15,21H,7-8,10H2,1H3,(H,19,22). The Bertz CT molecular complexity index is 682. The lowest BCUT2D eigenvalue weighted by Gasteiger charge is -2.25. The van der Waals surface area contributed by atoms with Gasteiger partial charge in [-0.1, -0.05) is 12.1 Å². The van der Waals surface area contributed by atoms with E-state index >= 15 is 0 Å². The van der Waals surface area contributed by atoms with E-state index in [1.54, 1.807) is 17.0 Å². The number of amides is 2. The zero-order chi connectivity index (χ0) is 16.4. The van der Waals surface area contributed by atoms with Crippen molar-refractivity contribution >= 4 is 22.4 Å². The van der Waals surface area contributed by atoms with Gasteiger partial charge in [0.25, 0.3) is 0 Å². The SMILES string of the molecule is Cc1ccc(NC(=O)N(CC(O)c2ccc(F)cc2)C2CC2)s1. The number of carbonyl (C=O) groups excluding carboxylic acids is 1. The van der Waals surface area contributed by atoms with Crippen molar-refractivity contribution in [2.24, 2.45) is 0 Å². The zero-order valence-corrected chi connectivity index (χ0v) is 13.6. The van der Waals surface area contributed by atoms with E-state index < -0.39 is 6.10 Å². The number of nitrogens with zero attached hydrogens (tertiary/aromatic N) is 1. The highest BCUT2D eigenvalue weighted by atomic mass is 32.1. The van der Waals surface area contributed by atoms with Crippen LogP contribution in [-0.4, -0.2) is 28.6 Å². The number of aliphatic hydroxyl groups is 1. The monoisotopic (exact) mass is 334 g/mol. The van der Waals surface area contributed by atoms with E-state index in [0.29, 0.717) is 5.56 Å². The molecule has 23 heavy (non-hydrogen) atoms. The van der Waals surface area contributed by atoms with Gasteiger partial charge in [-0.05, 0) is 49.6 Å². The second-order valence-corrected chi connectivity index (χ2v) is 7.08. The van der Waals surface area contributed by atoms with Crippen molar-refractivity contribution < 1.29 is 14.3 Å². The summed E-state index contributed by atoms with van der Waals surface area (Å²) < 4.78 is 13.0. The summed E-state index contributed by atoms with van der Waals surface area (Å²) in [6, 6.07) is 9.52. The Hall–Kier alpha value is -1.92. The normalized spacial score (nSPS) is 15.3. The molecule has 2 aromatic rings. The molecule has 1 aromatic heterocycles. The van der Waals surface area contributed by atoms with Crippen LogP contribution in [0.25, 0.3) is 0 Å². The molecule has 3 rings (SSSR count). The van der Waals surface area contributed by atoms with E-state index in [1.807, 2.05) is 19.1 Å². The Morgan fingerprint density at radius 1 is 1.35 bits per heavy atom. The molecule has 6 heteroatoms. The highest BCUT2D eigenvalue weighted by Crippen LogP contribution is 2.30. The van der Waals surface area contributed by atoms with Crippen LogP contribution in [0.5, 0.6) is 0 Å². The predicted molar refractivity (Wildman–Crippen MR) is 89.2 cm³/mol. The van der Waals surface area contributed by atoms with Gasteiger partial charge in [0.1, 0.15) is 5.82 Å². The number of carbonyl (C=O) groups is 1. The van der Waals surface area contributed by atoms with E-state index in [4.69, 9.17) is 0 Å². The molecule has 1 saturated carbocycles. The van der Waals surface area contributed by atoms with Gasteiger partial charge in [0.2, 0.25) is 0 Å². The molecule has 0 saturated heterocycles. The van der Waals surface area contributed by atoms with Crippen LogP contribution in [0.1, 0.15) is 29.4 Å². The number of benzene rings is 1. The van der Waals surface area contributed by atoms with Crippen LogP contribution in [0, 0.1) is 12.7 Å². The third kappa shape index (κ3) is 4.09. The molecule has 0 bridgehead atoms. The number of halogens is 1. The van der Waals surface area contributed by atoms with Gasteiger partial charge in [0.15, 0.2) is 0 Å². The molecule has 2 N–H and O–H groups in total. The van der Waals surface area contributed by atoms with Crippen molar-refractivity contribution in [1.82, 2.24) is 4.90 Å². The van der Waals surface area contributed by atoms with Gasteiger partial charge in [-0.25, -0.2) is 9.18 Å². The molecule has 4 nitrogen and oxygen atoms in total. The van der Waals surface area contributed by atoms with E-state index in [2.05, 4.69) is 5.32 Å². The minimum absolute atomic E-state index is 0.172. The minimum atomic E-state index is -0.827. The van der Waals surface area contributed by atoms with Crippen LogP contribution in [0.2, 0.25) is 0 Å². The van der Waals surface area contributed by atoms with Gasteiger partial charge >= 0.3 is 6.03 Å². The Labute approximate surface area is 138 Å². The molecule has 1 atom stereocenters. The van der Waals surface area contributed by atoms with Gasteiger partial charge in [-0.3, -0.25) is 5.32 Å². The van der Waals surface area contributed by atoms with Crippen molar-refractivity contribution in [3.05, 3.63) is 52.7 Å². The van der Waals surface area contributed by atoms with Crippen molar-refractivity contribution in [3.8, 4) is 0 Å². The number of nitrogens with one attached hydrogen (secondary N) is 1. The fourth-order valence-electron chi connectivity index (χ4n) is 2.44. The highest BCUT2D eigenvalue weighted by Gasteiger charge is 2.34. The number of aliphatic hydroxyl groups excluding tert-OH is 1. The first-order valence-electron chi connectivity index (χ1n) is 7.60. The molecule has 0 spiro atoms. The minimum Gasteiger partial charge on any atom is -0.387 e. The first-order valence-corrected chi connectivity index (χ1v) is 8.42. The number of hydrogen-bond donors (Lipinski definition) is 2. The average Bonchev–Trinajstić information content (AvgIpc) is 3.28. The Kier molecular flexibility index (Phi) is 4.63. The van der Waals surface area contributed by atoms with Gasteiger partial charge < -0.3 is 10.0 Å². The van der Waals surface area contributed by atoms with Gasteiger partial charge in [0.05, 0.1) is 17.6 Å². The molecule has 0 aliphatic heterocycles. The summed E-state index contributed by atoms with van der Waals surface area (Å²) in [5.74, 6) is -0.342. The number of urea groups is 1. The second-order valence-electron chi connectivity index (χ2n) is 5.79. The lowest BCUT2D eigenvalue weighted by molar-refractivity contribution is 0.123. The summed E-state index contributed by atoms with van der Waals surface area (Å²) in [5.41, 5.74) is 0.608. The molecular formula is C17H19FN2O2S. The first kappa shape index (κ1) is 16.0. The van der Waals surface area contributed by atoms with Crippen LogP contribution < -0.4 is 5.32 Å². The molecule has 1 unspecified atom stereocenters. The summed E-state index contributed by atoms with van der Waals surface area (Å²) in [4.78, 5) is 15.3. The topological polar surface area (TPSA) is 52.6 Å².